The molecule has 1 N–H and O–H groups in total. The van der Waals surface area contributed by atoms with Gasteiger partial charge in [-0.05, 0) is 11.6 Å². The molecule has 0 aliphatic heterocycles. The van der Waals surface area contributed by atoms with Gasteiger partial charge in [-0.2, -0.15) is 0 Å². The molecule has 0 fully saturated rings. The minimum atomic E-state index is -0.921. The van der Waals surface area contributed by atoms with E-state index in [9.17, 15) is 4.79 Å². The summed E-state index contributed by atoms with van der Waals surface area (Å²) in [6.45, 7) is 1.91. The number of carboxylic acids is 1. The fraction of sp³-hybridized carbons (Fsp3) is 0.667. The van der Waals surface area contributed by atoms with Crippen molar-refractivity contribution in [1.82, 2.24) is 20.2 Å². The molecule has 0 bridgehead atoms. The number of aliphatic carboxylic acids is 1. The second-order valence-corrected chi connectivity index (χ2v) is 2.40. The van der Waals surface area contributed by atoms with Crippen molar-refractivity contribution < 1.29 is 9.90 Å². The maximum atomic E-state index is 10.7. The SMILES string of the molecule is CCCC(C(=O)O)n1ncnn1. The van der Waals surface area contributed by atoms with Crippen molar-refractivity contribution in [3.05, 3.63) is 6.33 Å². The van der Waals surface area contributed by atoms with Crippen LogP contribution in [0.25, 0.3) is 0 Å². The second kappa shape index (κ2) is 3.80. The smallest absolute Gasteiger partial charge is 0.330 e. The number of hydrogen-bond acceptors (Lipinski definition) is 4. The van der Waals surface area contributed by atoms with E-state index >= 15 is 0 Å². The second-order valence-electron chi connectivity index (χ2n) is 2.40. The van der Waals surface area contributed by atoms with E-state index in [1.54, 1.807) is 0 Å². The molecule has 12 heavy (non-hydrogen) atoms. The summed E-state index contributed by atoms with van der Waals surface area (Å²) in [7, 11) is 0. The number of nitrogens with zero attached hydrogens (tertiary/aromatic N) is 4. The summed E-state index contributed by atoms with van der Waals surface area (Å²) >= 11 is 0. The highest BCUT2D eigenvalue weighted by Gasteiger charge is 2.19. The van der Waals surface area contributed by atoms with Crippen molar-refractivity contribution in [3.8, 4) is 0 Å². The molecule has 0 spiro atoms. The maximum Gasteiger partial charge on any atom is 0.330 e. The summed E-state index contributed by atoms with van der Waals surface area (Å²) < 4.78 is 0. The minimum Gasteiger partial charge on any atom is -0.480 e. The molecule has 0 aromatic carbocycles. The molecular formula is C6H10N4O2. The fourth-order valence-corrected chi connectivity index (χ4v) is 0.929. The molecule has 1 rings (SSSR count). The third kappa shape index (κ3) is 1.77. The summed E-state index contributed by atoms with van der Waals surface area (Å²) in [6.07, 6.45) is 2.52. The van der Waals surface area contributed by atoms with Crippen LogP contribution in [-0.2, 0) is 4.79 Å². The zero-order valence-corrected chi connectivity index (χ0v) is 6.71. The molecule has 1 unspecified atom stereocenters. The molecule has 0 radical (unpaired) electrons. The van der Waals surface area contributed by atoms with Crippen molar-refractivity contribution in [2.75, 3.05) is 0 Å². The standard InChI is InChI=1S/C6H10N4O2/c1-2-3-5(6(11)12)10-8-4-7-9-10/h4-5H,2-3H2,1H3,(H,11,12). The van der Waals surface area contributed by atoms with E-state index in [2.05, 4.69) is 15.4 Å². The zero-order chi connectivity index (χ0) is 8.97. The Hall–Kier alpha value is -1.46. The lowest BCUT2D eigenvalue weighted by molar-refractivity contribution is -0.141. The van der Waals surface area contributed by atoms with Gasteiger partial charge in [0.15, 0.2) is 12.4 Å². The maximum absolute atomic E-state index is 10.7. The number of aromatic nitrogens is 4. The van der Waals surface area contributed by atoms with E-state index in [0.717, 1.165) is 11.2 Å². The average molecular weight is 170 g/mol. The molecule has 1 atom stereocenters. The van der Waals surface area contributed by atoms with Crippen LogP contribution in [0, 0.1) is 0 Å². The Bertz CT molecular complexity index is 246. The van der Waals surface area contributed by atoms with Crippen molar-refractivity contribution in [2.45, 2.75) is 25.8 Å². The molecule has 1 heterocycles. The minimum absolute atomic E-state index is 0.520. The van der Waals surface area contributed by atoms with E-state index in [-0.39, 0.29) is 0 Å². The van der Waals surface area contributed by atoms with Crippen molar-refractivity contribution >= 4 is 5.97 Å². The Labute approximate surface area is 69.2 Å². The third-order valence-electron chi connectivity index (χ3n) is 1.49. The molecule has 6 heteroatoms. The first-order chi connectivity index (χ1) is 5.75. The van der Waals surface area contributed by atoms with Gasteiger partial charge in [-0.15, -0.1) is 15.0 Å². The highest BCUT2D eigenvalue weighted by molar-refractivity contribution is 5.71. The Morgan fingerprint density at radius 2 is 2.50 bits per heavy atom. The lowest BCUT2D eigenvalue weighted by Crippen LogP contribution is -2.21. The van der Waals surface area contributed by atoms with Gasteiger partial charge in [0.2, 0.25) is 0 Å². The molecule has 0 saturated heterocycles. The van der Waals surface area contributed by atoms with Gasteiger partial charge in [0.05, 0.1) is 0 Å². The molecule has 0 aliphatic rings. The van der Waals surface area contributed by atoms with Crippen LogP contribution in [0.5, 0.6) is 0 Å². The molecular weight excluding hydrogens is 160 g/mol. The Balaban J connectivity index is 2.73. The van der Waals surface area contributed by atoms with Crippen LogP contribution in [0.3, 0.4) is 0 Å². The number of tetrazole rings is 1. The molecule has 0 saturated carbocycles. The first kappa shape index (κ1) is 8.63. The van der Waals surface area contributed by atoms with E-state index in [4.69, 9.17) is 5.11 Å². The summed E-state index contributed by atoms with van der Waals surface area (Å²) in [6, 6.07) is -0.683. The van der Waals surface area contributed by atoms with Crippen LogP contribution in [0.1, 0.15) is 25.8 Å². The number of carbonyl (C=O) groups is 1. The van der Waals surface area contributed by atoms with Gasteiger partial charge in [-0.3, -0.25) is 0 Å². The Morgan fingerprint density at radius 3 is 2.92 bits per heavy atom. The third-order valence-corrected chi connectivity index (χ3v) is 1.49. The average Bonchev–Trinajstić information content (AvgIpc) is 2.51. The first-order valence-corrected chi connectivity index (χ1v) is 3.71. The number of rotatable bonds is 4. The van der Waals surface area contributed by atoms with Crippen LogP contribution in [0.15, 0.2) is 6.33 Å². The van der Waals surface area contributed by atoms with Gasteiger partial charge in [-0.25, -0.2) is 4.79 Å². The number of carboxylic acid groups (broad SMARTS) is 1. The highest BCUT2D eigenvalue weighted by Crippen LogP contribution is 2.09. The van der Waals surface area contributed by atoms with Crippen LogP contribution >= 0.6 is 0 Å². The van der Waals surface area contributed by atoms with Gasteiger partial charge >= 0.3 is 5.97 Å². The normalized spacial score (nSPS) is 12.8. The van der Waals surface area contributed by atoms with Crippen LogP contribution in [-0.4, -0.2) is 31.3 Å². The Kier molecular flexibility index (Phi) is 2.73. The Morgan fingerprint density at radius 1 is 1.75 bits per heavy atom. The van der Waals surface area contributed by atoms with Gasteiger partial charge in [0.25, 0.3) is 0 Å². The summed E-state index contributed by atoms with van der Waals surface area (Å²) in [4.78, 5) is 11.8. The first-order valence-electron chi connectivity index (χ1n) is 3.71. The molecule has 1 aromatic heterocycles. The van der Waals surface area contributed by atoms with Crippen molar-refractivity contribution in [2.24, 2.45) is 0 Å². The summed E-state index contributed by atoms with van der Waals surface area (Å²) in [5, 5.41) is 19.4. The lowest BCUT2D eigenvalue weighted by atomic mass is 10.2. The van der Waals surface area contributed by atoms with E-state index in [1.165, 1.54) is 6.33 Å². The van der Waals surface area contributed by atoms with Gasteiger partial charge in [-0.1, -0.05) is 13.3 Å². The van der Waals surface area contributed by atoms with Crippen molar-refractivity contribution in [3.63, 3.8) is 0 Å². The van der Waals surface area contributed by atoms with E-state index in [1.807, 2.05) is 6.92 Å². The molecule has 0 amide bonds. The highest BCUT2D eigenvalue weighted by atomic mass is 16.4. The van der Waals surface area contributed by atoms with Crippen LogP contribution < -0.4 is 0 Å². The van der Waals surface area contributed by atoms with Crippen LogP contribution in [0.2, 0.25) is 0 Å². The molecule has 66 valence electrons. The fourth-order valence-electron chi connectivity index (χ4n) is 0.929. The lowest BCUT2D eigenvalue weighted by Gasteiger charge is -2.07. The quantitative estimate of drug-likeness (QED) is 0.693. The van der Waals surface area contributed by atoms with Gasteiger partial charge < -0.3 is 5.11 Å². The largest absolute Gasteiger partial charge is 0.480 e. The summed E-state index contributed by atoms with van der Waals surface area (Å²) in [5.74, 6) is -0.921. The predicted octanol–water partition coefficient (Wildman–Crippen LogP) is 0.0989. The van der Waals surface area contributed by atoms with Crippen molar-refractivity contribution in [1.29, 1.82) is 0 Å². The van der Waals surface area contributed by atoms with Gasteiger partial charge in [0, 0.05) is 0 Å². The topological polar surface area (TPSA) is 80.9 Å². The molecule has 1 aromatic rings. The van der Waals surface area contributed by atoms with E-state index in [0.29, 0.717) is 6.42 Å². The zero-order valence-electron chi connectivity index (χ0n) is 6.71. The predicted molar refractivity (Wildman–Crippen MR) is 39.4 cm³/mol. The van der Waals surface area contributed by atoms with Gasteiger partial charge in [0.1, 0.15) is 0 Å². The molecule has 0 aliphatic carbocycles. The summed E-state index contributed by atoms with van der Waals surface area (Å²) in [5.41, 5.74) is 0. The van der Waals surface area contributed by atoms with E-state index < -0.39 is 12.0 Å². The molecule has 6 nitrogen and oxygen atoms in total. The number of hydrogen-bond donors (Lipinski definition) is 1. The van der Waals surface area contributed by atoms with Crippen LogP contribution in [0.4, 0.5) is 0 Å². The monoisotopic (exact) mass is 170 g/mol.